The predicted octanol–water partition coefficient (Wildman–Crippen LogP) is -0.493. The number of halogens is 1. The van der Waals surface area contributed by atoms with Crippen molar-refractivity contribution in [3.63, 3.8) is 0 Å². The lowest BCUT2D eigenvalue weighted by molar-refractivity contribution is -0.00000354. The molecule has 1 fully saturated rings. The molecule has 1 saturated carbocycles. The molecule has 1 aliphatic rings. The van der Waals surface area contributed by atoms with E-state index in [1.807, 2.05) is 12.1 Å². The van der Waals surface area contributed by atoms with E-state index in [4.69, 9.17) is 4.74 Å². The van der Waals surface area contributed by atoms with Crippen molar-refractivity contribution in [1.29, 1.82) is 0 Å². The molecule has 88 valence electrons. The summed E-state index contributed by atoms with van der Waals surface area (Å²) in [4.78, 5) is 0. The first-order valence-corrected chi connectivity index (χ1v) is 5.44. The van der Waals surface area contributed by atoms with Gasteiger partial charge in [-0.25, -0.2) is 0 Å². The van der Waals surface area contributed by atoms with Crippen LogP contribution in [0.1, 0.15) is 18.4 Å². The van der Waals surface area contributed by atoms with Crippen LogP contribution in [0.2, 0.25) is 0 Å². The number of hydrogen-bond acceptors (Lipinski definition) is 2. The molecule has 3 heteroatoms. The fourth-order valence-electron chi connectivity index (χ4n) is 1.41. The predicted molar refractivity (Wildman–Crippen MR) is 62.0 cm³/mol. The van der Waals surface area contributed by atoms with Crippen LogP contribution in [0.5, 0.6) is 5.75 Å². The summed E-state index contributed by atoms with van der Waals surface area (Å²) in [6.45, 7) is 5.15. The molecule has 0 amide bonds. The van der Waals surface area contributed by atoms with E-state index in [9.17, 15) is 0 Å². The molecule has 0 unspecified atom stereocenters. The van der Waals surface area contributed by atoms with Crippen molar-refractivity contribution in [3.05, 3.63) is 42.5 Å². The molecule has 0 atom stereocenters. The van der Waals surface area contributed by atoms with Crippen LogP contribution in [0.15, 0.2) is 36.9 Å². The number of hydrogen-bond donors (Lipinski definition) is 1. The minimum atomic E-state index is 0. The zero-order valence-corrected chi connectivity index (χ0v) is 10.0. The zero-order valence-electron chi connectivity index (χ0n) is 9.29. The number of nitrogens with one attached hydrogen (secondary N) is 1. The Hall–Kier alpha value is -0.990. The lowest BCUT2D eigenvalue weighted by Crippen LogP contribution is -3.00. The Labute approximate surface area is 103 Å². The zero-order chi connectivity index (χ0) is 10.5. The van der Waals surface area contributed by atoms with Crippen LogP contribution in [-0.2, 0) is 6.54 Å². The minimum absolute atomic E-state index is 0. The number of ether oxygens (including phenoxy) is 1. The van der Waals surface area contributed by atoms with E-state index < -0.39 is 0 Å². The first-order chi connectivity index (χ1) is 7.38. The van der Waals surface area contributed by atoms with E-state index in [1.54, 1.807) is 6.08 Å². The van der Waals surface area contributed by atoms with Gasteiger partial charge in [0, 0.05) is 12.6 Å². The van der Waals surface area contributed by atoms with Crippen molar-refractivity contribution < 1.29 is 17.1 Å². The summed E-state index contributed by atoms with van der Waals surface area (Å²) >= 11 is 0. The Kier molecular flexibility index (Phi) is 5.36. The van der Waals surface area contributed by atoms with Gasteiger partial charge in [0.05, 0.1) is 0 Å². The lowest BCUT2D eigenvalue weighted by atomic mass is 10.2. The van der Waals surface area contributed by atoms with Gasteiger partial charge >= 0.3 is 0 Å². The van der Waals surface area contributed by atoms with Gasteiger partial charge in [0.15, 0.2) is 0 Å². The maximum Gasteiger partial charge on any atom is 0.119 e. The molecule has 0 heterocycles. The Balaban J connectivity index is 0.00000128. The van der Waals surface area contributed by atoms with E-state index in [2.05, 4.69) is 24.0 Å². The third kappa shape index (κ3) is 4.25. The Morgan fingerprint density at radius 3 is 2.56 bits per heavy atom. The van der Waals surface area contributed by atoms with Crippen molar-refractivity contribution in [1.82, 2.24) is 5.32 Å². The molecule has 1 N–H and O–H groups in total. The fraction of sp³-hybridized carbons (Fsp3) is 0.385. The molecule has 1 aromatic carbocycles. The van der Waals surface area contributed by atoms with Gasteiger partial charge in [-0.05, 0) is 30.5 Å². The molecule has 16 heavy (non-hydrogen) atoms. The summed E-state index contributed by atoms with van der Waals surface area (Å²) in [6, 6.07) is 8.99. The van der Waals surface area contributed by atoms with Crippen LogP contribution in [0.3, 0.4) is 0 Å². The molecule has 1 aromatic rings. The van der Waals surface area contributed by atoms with Crippen LogP contribution >= 0.6 is 0 Å². The van der Waals surface area contributed by atoms with Gasteiger partial charge in [-0.2, -0.15) is 0 Å². The Morgan fingerprint density at radius 1 is 1.31 bits per heavy atom. The van der Waals surface area contributed by atoms with Gasteiger partial charge in [-0.3, -0.25) is 0 Å². The number of benzene rings is 1. The second-order valence-corrected chi connectivity index (χ2v) is 3.90. The van der Waals surface area contributed by atoms with Gasteiger partial charge in [-0.15, -0.1) is 0 Å². The average molecular weight is 239 g/mol. The molecule has 0 radical (unpaired) electrons. The van der Waals surface area contributed by atoms with E-state index in [0.29, 0.717) is 6.61 Å². The first-order valence-electron chi connectivity index (χ1n) is 5.44. The fourth-order valence-corrected chi connectivity index (χ4v) is 1.41. The van der Waals surface area contributed by atoms with Crippen molar-refractivity contribution >= 4 is 0 Å². The maximum atomic E-state index is 5.41. The van der Waals surface area contributed by atoms with Crippen LogP contribution in [0.4, 0.5) is 0 Å². The molecule has 0 saturated heterocycles. The monoisotopic (exact) mass is 238 g/mol. The van der Waals surface area contributed by atoms with Crippen molar-refractivity contribution in [3.8, 4) is 5.75 Å². The average Bonchev–Trinajstić information content (AvgIpc) is 3.09. The summed E-state index contributed by atoms with van der Waals surface area (Å²) in [5, 5.41) is 3.48. The molecule has 0 aromatic heterocycles. The summed E-state index contributed by atoms with van der Waals surface area (Å²) in [5.41, 5.74) is 1.31. The first kappa shape index (κ1) is 13.1. The van der Waals surface area contributed by atoms with E-state index in [-0.39, 0.29) is 12.4 Å². The molecule has 0 spiro atoms. The smallest absolute Gasteiger partial charge is 0.119 e. The largest absolute Gasteiger partial charge is 1.00 e. The van der Waals surface area contributed by atoms with Crippen molar-refractivity contribution in [2.45, 2.75) is 25.4 Å². The van der Waals surface area contributed by atoms with Gasteiger partial charge < -0.3 is 22.5 Å². The highest BCUT2D eigenvalue weighted by Crippen LogP contribution is 2.19. The maximum absolute atomic E-state index is 5.41. The second-order valence-electron chi connectivity index (χ2n) is 3.90. The highest BCUT2D eigenvalue weighted by atomic mass is 35.5. The van der Waals surface area contributed by atoms with Crippen LogP contribution < -0.4 is 22.5 Å². The topological polar surface area (TPSA) is 21.3 Å². The molecule has 0 aliphatic heterocycles. The van der Waals surface area contributed by atoms with Gasteiger partial charge in [-0.1, -0.05) is 24.8 Å². The van der Waals surface area contributed by atoms with Crippen LogP contribution in [0.25, 0.3) is 0 Å². The van der Waals surface area contributed by atoms with Gasteiger partial charge in [0.1, 0.15) is 12.4 Å². The molecule has 0 bridgehead atoms. The summed E-state index contributed by atoms with van der Waals surface area (Å²) in [6.07, 6.45) is 4.42. The van der Waals surface area contributed by atoms with Gasteiger partial charge in [0.2, 0.25) is 0 Å². The minimum Gasteiger partial charge on any atom is -1.00 e. The summed E-state index contributed by atoms with van der Waals surface area (Å²) < 4.78 is 5.41. The van der Waals surface area contributed by atoms with Crippen molar-refractivity contribution in [2.75, 3.05) is 6.61 Å². The molecule has 2 rings (SSSR count). The lowest BCUT2D eigenvalue weighted by Gasteiger charge is -2.05. The highest BCUT2D eigenvalue weighted by Gasteiger charge is 2.19. The second kappa shape index (κ2) is 6.56. The highest BCUT2D eigenvalue weighted by molar-refractivity contribution is 5.27. The third-order valence-corrected chi connectivity index (χ3v) is 2.46. The normalized spacial score (nSPS) is 14.0. The number of rotatable bonds is 6. The Bertz CT molecular complexity index is 319. The quantitative estimate of drug-likeness (QED) is 0.676. The van der Waals surface area contributed by atoms with E-state index >= 15 is 0 Å². The Morgan fingerprint density at radius 2 is 2.00 bits per heavy atom. The van der Waals surface area contributed by atoms with Crippen LogP contribution in [0, 0.1) is 0 Å². The summed E-state index contributed by atoms with van der Waals surface area (Å²) in [5.74, 6) is 0.907. The molecular weight excluding hydrogens is 222 g/mol. The third-order valence-electron chi connectivity index (χ3n) is 2.46. The molecule has 2 nitrogen and oxygen atoms in total. The van der Waals surface area contributed by atoms with Gasteiger partial charge in [0.25, 0.3) is 0 Å². The SMILES string of the molecule is C=CCOc1ccc(CNC2CC2)cc1.[Cl-]. The van der Waals surface area contributed by atoms with E-state index in [1.165, 1.54) is 18.4 Å². The van der Waals surface area contributed by atoms with E-state index in [0.717, 1.165) is 18.3 Å². The standard InChI is InChI=1S/C13H17NO.ClH/c1-2-9-15-13-7-3-11(4-8-13)10-14-12-5-6-12;/h2-4,7-8,12,14H,1,5-6,9-10H2;1H/p-1. The summed E-state index contributed by atoms with van der Waals surface area (Å²) in [7, 11) is 0. The van der Waals surface area contributed by atoms with Crippen molar-refractivity contribution in [2.24, 2.45) is 0 Å². The molecular formula is C13H17ClNO-. The van der Waals surface area contributed by atoms with Crippen LogP contribution in [-0.4, -0.2) is 12.6 Å². The molecule has 1 aliphatic carbocycles.